The van der Waals surface area contributed by atoms with Gasteiger partial charge < -0.3 is 15.0 Å². The van der Waals surface area contributed by atoms with E-state index in [-0.39, 0.29) is 5.97 Å². The second kappa shape index (κ2) is 9.93. The standard InChI is InChI=1S/C11H24N2O2/c1-4-6-9-15-11(14)10-12-7-8-13(3)5-2/h12H,4-10H2,1-3H3. The molecule has 0 aromatic heterocycles. The molecule has 0 saturated heterocycles. The van der Waals surface area contributed by atoms with Crippen LogP contribution in [0.15, 0.2) is 0 Å². The van der Waals surface area contributed by atoms with Gasteiger partial charge in [-0.2, -0.15) is 0 Å². The van der Waals surface area contributed by atoms with Crippen LogP contribution in [0.25, 0.3) is 0 Å². The molecule has 0 amide bonds. The van der Waals surface area contributed by atoms with Crippen LogP contribution in [-0.2, 0) is 9.53 Å². The first-order valence-corrected chi connectivity index (χ1v) is 5.75. The summed E-state index contributed by atoms with van der Waals surface area (Å²) >= 11 is 0. The Bertz CT molecular complexity index is 163. The van der Waals surface area contributed by atoms with E-state index in [0.29, 0.717) is 13.2 Å². The number of hydrogen-bond acceptors (Lipinski definition) is 4. The second-order valence-electron chi connectivity index (χ2n) is 3.65. The molecule has 0 heterocycles. The molecule has 90 valence electrons. The Balaban J connectivity index is 3.23. The molecule has 0 saturated carbocycles. The second-order valence-corrected chi connectivity index (χ2v) is 3.65. The zero-order chi connectivity index (χ0) is 11.5. The molecule has 0 fully saturated rings. The molecule has 4 heteroatoms. The molecule has 4 nitrogen and oxygen atoms in total. The Morgan fingerprint density at radius 3 is 2.73 bits per heavy atom. The van der Waals surface area contributed by atoms with Gasteiger partial charge in [-0.3, -0.25) is 4.79 Å². The van der Waals surface area contributed by atoms with E-state index in [2.05, 4.69) is 31.1 Å². The van der Waals surface area contributed by atoms with Gasteiger partial charge in [-0.25, -0.2) is 0 Å². The van der Waals surface area contributed by atoms with Crippen LogP contribution in [0.2, 0.25) is 0 Å². The number of unbranched alkanes of at least 4 members (excludes halogenated alkanes) is 1. The van der Waals surface area contributed by atoms with E-state index in [1.165, 1.54) is 0 Å². The fourth-order valence-electron chi connectivity index (χ4n) is 1.000. The van der Waals surface area contributed by atoms with Crippen molar-refractivity contribution in [2.24, 2.45) is 0 Å². The Morgan fingerprint density at radius 1 is 1.40 bits per heavy atom. The van der Waals surface area contributed by atoms with Crippen molar-refractivity contribution in [3.8, 4) is 0 Å². The van der Waals surface area contributed by atoms with Crippen LogP contribution < -0.4 is 5.32 Å². The van der Waals surface area contributed by atoms with E-state index in [1.807, 2.05) is 0 Å². The van der Waals surface area contributed by atoms with Gasteiger partial charge in [0.25, 0.3) is 0 Å². The van der Waals surface area contributed by atoms with E-state index >= 15 is 0 Å². The SMILES string of the molecule is CCCCOC(=O)CNCCN(C)CC. The molecule has 0 atom stereocenters. The topological polar surface area (TPSA) is 41.6 Å². The minimum atomic E-state index is -0.150. The van der Waals surface area contributed by atoms with Crippen LogP contribution in [0.5, 0.6) is 0 Å². The maximum absolute atomic E-state index is 11.1. The fraction of sp³-hybridized carbons (Fsp3) is 0.909. The van der Waals surface area contributed by atoms with Gasteiger partial charge in [0.2, 0.25) is 0 Å². The summed E-state index contributed by atoms with van der Waals surface area (Å²) in [5.74, 6) is -0.150. The minimum Gasteiger partial charge on any atom is -0.465 e. The van der Waals surface area contributed by atoms with Crippen LogP contribution in [-0.4, -0.2) is 50.7 Å². The summed E-state index contributed by atoms with van der Waals surface area (Å²) in [6.45, 7) is 7.87. The number of nitrogens with one attached hydrogen (secondary N) is 1. The van der Waals surface area contributed by atoms with Crippen molar-refractivity contribution in [3.05, 3.63) is 0 Å². The largest absolute Gasteiger partial charge is 0.465 e. The van der Waals surface area contributed by atoms with Crippen LogP contribution in [0, 0.1) is 0 Å². The molecule has 0 aliphatic rings. The first-order valence-electron chi connectivity index (χ1n) is 5.75. The van der Waals surface area contributed by atoms with Gasteiger partial charge in [0.1, 0.15) is 0 Å². The maximum Gasteiger partial charge on any atom is 0.319 e. The Hall–Kier alpha value is -0.610. The number of ether oxygens (including phenoxy) is 1. The minimum absolute atomic E-state index is 0.150. The highest BCUT2D eigenvalue weighted by atomic mass is 16.5. The number of carbonyl (C=O) groups is 1. The first-order chi connectivity index (χ1) is 7.20. The zero-order valence-electron chi connectivity index (χ0n) is 10.2. The highest BCUT2D eigenvalue weighted by molar-refractivity contribution is 5.71. The van der Waals surface area contributed by atoms with E-state index in [0.717, 1.165) is 32.5 Å². The number of likely N-dealkylation sites (N-methyl/N-ethyl adjacent to an activating group) is 1. The molecule has 1 N–H and O–H groups in total. The summed E-state index contributed by atoms with van der Waals surface area (Å²) in [6, 6.07) is 0. The maximum atomic E-state index is 11.1. The monoisotopic (exact) mass is 216 g/mol. The van der Waals surface area contributed by atoms with E-state index in [9.17, 15) is 4.79 Å². The third kappa shape index (κ3) is 9.69. The number of esters is 1. The summed E-state index contributed by atoms with van der Waals surface area (Å²) in [4.78, 5) is 13.3. The number of hydrogen-bond donors (Lipinski definition) is 1. The Labute approximate surface area is 93.0 Å². The van der Waals surface area contributed by atoms with Gasteiger partial charge in [0, 0.05) is 13.1 Å². The van der Waals surface area contributed by atoms with Crippen LogP contribution in [0.3, 0.4) is 0 Å². The highest BCUT2D eigenvalue weighted by Crippen LogP contribution is 1.87. The molecule has 0 aliphatic carbocycles. The van der Waals surface area contributed by atoms with Gasteiger partial charge in [0.15, 0.2) is 0 Å². The summed E-state index contributed by atoms with van der Waals surface area (Å²) in [7, 11) is 2.06. The average Bonchev–Trinajstić information content (AvgIpc) is 2.24. The smallest absolute Gasteiger partial charge is 0.319 e. The summed E-state index contributed by atoms with van der Waals surface area (Å²) in [6.07, 6.45) is 2.01. The van der Waals surface area contributed by atoms with Crippen molar-refractivity contribution in [1.82, 2.24) is 10.2 Å². The molecule has 0 bridgehead atoms. The van der Waals surface area contributed by atoms with E-state index < -0.39 is 0 Å². The first kappa shape index (κ1) is 14.4. The summed E-state index contributed by atoms with van der Waals surface area (Å²) in [5, 5.41) is 3.06. The third-order valence-corrected chi connectivity index (χ3v) is 2.24. The predicted molar refractivity (Wildman–Crippen MR) is 61.9 cm³/mol. The molecule has 0 unspecified atom stereocenters. The van der Waals surface area contributed by atoms with Crippen LogP contribution in [0.1, 0.15) is 26.7 Å². The molecule has 0 aromatic rings. The Kier molecular flexibility index (Phi) is 9.52. The highest BCUT2D eigenvalue weighted by Gasteiger charge is 2.01. The predicted octanol–water partition coefficient (Wildman–Crippen LogP) is 0.871. The average molecular weight is 216 g/mol. The summed E-state index contributed by atoms with van der Waals surface area (Å²) < 4.78 is 5.00. The molecule has 0 spiro atoms. The lowest BCUT2D eigenvalue weighted by atomic mass is 10.4. The van der Waals surface area contributed by atoms with Crippen molar-refractivity contribution < 1.29 is 9.53 Å². The molecule has 15 heavy (non-hydrogen) atoms. The van der Waals surface area contributed by atoms with Gasteiger partial charge in [-0.05, 0) is 20.0 Å². The summed E-state index contributed by atoms with van der Waals surface area (Å²) in [5.41, 5.74) is 0. The van der Waals surface area contributed by atoms with E-state index in [4.69, 9.17) is 4.74 Å². The van der Waals surface area contributed by atoms with Crippen molar-refractivity contribution in [2.75, 3.05) is 39.8 Å². The molecule has 0 aliphatic heterocycles. The lowest BCUT2D eigenvalue weighted by Crippen LogP contribution is -2.32. The fourth-order valence-corrected chi connectivity index (χ4v) is 1.000. The van der Waals surface area contributed by atoms with Crippen LogP contribution in [0.4, 0.5) is 0 Å². The van der Waals surface area contributed by atoms with Gasteiger partial charge >= 0.3 is 5.97 Å². The number of rotatable bonds is 9. The molecule has 0 radical (unpaired) electrons. The third-order valence-electron chi connectivity index (χ3n) is 2.24. The van der Waals surface area contributed by atoms with Crippen molar-refractivity contribution in [2.45, 2.75) is 26.7 Å². The van der Waals surface area contributed by atoms with Gasteiger partial charge in [-0.1, -0.05) is 20.3 Å². The number of nitrogens with zero attached hydrogens (tertiary/aromatic N) is 1. The lowest BCUT2D eigenvalue weighted by molar-refractivity contribution is -0.142. The van der Waals surface area contributed by atoms with Crippen LogP contribution >= 0.6 is 0 Å². The lowest BCUT2D eigenvalue weighted by Gasteiger charge is -2.13. The zero-order valence-corrected chi connectivity index (χ0v) is 10.2. The van der Waals surface area contributed by atoms with Crippen molar-refractivity contribution in [1.29, 1.82) is 0 Å². The normalized spacial score (nSPS) is 10.7. The van der Waals surface area contributed by atoms with Gasteiger partial charge in [0.05, 0.1) is 13.2 Å². The van der Waals surface area contributed by atoms with Crippen molar-refractivity contribution >= 4 is 5.97 Å². The number of carbonyl (C=O) groups excluding carboxylic acids is 1. The van der Waals surface area contributed by atoms with Gasteiger partial charge in [-0.15, -0.1) is 0 Å². The Morgan fingerprint density at radius 2 is 2.13 bits per heavy atom. The molecular formula is C11H24N2O2. The quantitative estimate of drug-likeness (QED) is 0.459. The molecule has 0 rings (SSSR count). The molecule has 0 aromatic carbocycles. The van der Waals surface area contributed by atoms with E-state index in [1.54, 1.807) is 0 Å². The van der Waals surface area contributed by atoms with Crippen molar-refractivity contribution in [3.63, 3.8) is 0 Å². The molecular weight excluding hydrogens is 192 g/mol.